The SMILES string of the molecule is COc1ccc(C(C)C)c2sc(NC(N)=O)nc12. The Balaban J connectivity index is 2.62. The number of methoxy groups -OCH3 is 1. The number of urea groups is 1. The first kappa shape index (κ1) is 12.6. The molecule has 2 aromatic rings. The number of ether oxygens (including phenoxy) is 1. The average Bonchev–Trinajstić information content (AvgIpc) is 2.69. The Bertz CT molecular complexity index is 592. The van der Waals surface area contributed by atoms with Gasteiger partial charge >= 0.3 is 6.03 Å². The number of nitrogens with zero attached hydrogens (tertiary/aromatic N) is 1. The molecule has 0 aliphatic heterocycles. The van der Waals surface area contributed by atoms with E-state index in [1.165, 1.54) is 16.9 Å². The summed E-state index contributed by atoms with van der Waals surface area (Å²) in [5.74, 6) is 1.07. The van der Waals surface area contributed by atoms with Crippen LogP contribution in [0.15, 0.2) is 12.1 Å². The predicted octanol–water partition coefficient (Wildman–Crippen LogP) is 2.92. The Kier molecular flexibility index (Phi) is 3.38. The number of anilines is 1. The number of aromatic nitrogens is 1. The summed E-state index contributed by atoms with van der Waals surface area (Å²) >= 11 is 1.41. The quantitative estimate of drug-likeness (QED) is 0.895. The van der Waals surface area contributed by atoms with E-state index in [1.807, 2.05) is 12.1 Å². The van der Waals surface area contributed by atoms with Gasteiger partial charge in [-0.15, -0.1) is 0 Å². The van der Waals surface area contributed by atoms with Crippen LogP contribution in [0, 0.1) is 0 Å². The number of hydrogen-bond acceptors (Lipinski definition) is 4. The number of amides is 2. The third-order valence-electron chi connectivity index (χ3n) is 2.61. The zero-order valence-electron chi connectivity index (χ0n) is 10.5. The van der Waals surface area contributed by atoms with E-state index in [9.17, 15) is 4.79 Å². The molecule has 2 amide bonds. The highest BCUT2D eigenvalue weighted by Gasteiger charge is 2.15. The van der Waals surface area contributed by atoms with E-state index in [-0.39, 0.29) is 0 Å². The van der Waals surface area contributed by atoms with Crippen LogP contribution in [0.3, 0.4) is 0 Å². The molecule has 0 spiro atoms. The third kappa shape index (κ3) is 2.24. The minimum Gasteiger partial charge on any atom is -0.494 e. The molecule has 0 fully saturated rings. The summed E-state index contributed by atoms with van der Waals surface area (Å²) in [6, 6.07) is 3.31. The third-order valence-corrected chi connectivity index (χ3v) is 3.63. The molecule has 0 radical (unpaired) electrons. The summed E-state index contributed by atoms with van der Waals surface area (Å²) in [4.78, 5) is 15.2. The molecule has 6 heteroatoms. The van der Waals surface area contributed by atoms with Crippen LogP contribution in [0.5, 0.6) is 5.75 Å². The van der Waals surface area contributed by atoms with Crippen LogP contribution >= 0.6 is 11.3 Å². The van der Waals surface area contributed by atoms with Crippen molar-refractivity contribution in [3.8, 4) is 5.75 Å². The molecule has 0 unspecified atom stereocenters. The molecule has 0 saturated heterocycles. The van der Waals surface area contributed by atoms with Gasteiger partial charge in [-0.25, -0.2) is 9.78 Å². The standard InChI is InChI=1S/C12H15N3O2S/c1-6(2)7-4-5-8(17-3)9-10(7)18-12(14-9)15-11(13)16/h4-6H,1-3H3,(H3,13,14,15,16). The van der Waals surface area contributed by atoms with Crippen LogP contribution in [0.4, 0.5) is 9.93 Å². The zero-order valence-corrected chi connectivity index (χ0v) is 11.3. The first-order valence-electron chi connectivity index (χ1n) is 5.56. The van der Waals surface area contributed by atoms with E-state index >= 15 is 0 Å². The highest BCUT2D eigenvalue weighted by molar-refractivity contribution is 7.22. The van der Waals surface area contributed by atoms with Gasteiger partial charge in [0.2, 0.25) is 0 Å². The predicted molar refractivity (Wildman–Crippen MR) is 73.5 cm³/mol. The maximum Gasteiger partial charge on any atom is 0.318 e. The van der Waals surface area contributed by atoms with E-state index in [0.717, 1.165) is 10.2 Å². The largest absolute Gasteiger partial charge is 0.494 e. The van der Waals surface area contributed by atoms with Crippen molar-refractivity contribution in [2.75, 3.05) is 12.4 Å². The summed E-state index contributed by atoms with van der Waals surface area (Å²) in [6.45, 7) is 4.23. The van der Waals surface area contributed by atoms with Crippen molar-refractivity contribution in [3.63, 3.8) is 0 Å². The van der Waals surface area contributed by atoms with Gasteiger partial charge in [-0.05, 0) is 17.5 Å². The van der Waals surface area contributed by atoms with Crippen LogP contribution in [-0.4, -0.2) is 18.1 Å². The Morgan fingerprint density at radius 3 is 2.78 bits per heavy atom. The van der Waals surface area contributed by atoms with Crippen molar-refractivity contribution in [2.45, 2.75) is 19.8 Å². The zero-order chi connectivity index (χ0) is 13.3. The van der Waals surface area contributed by atoms with Crippen LogP contribution in [-0.2, 0) is 0 Å². The Morgan fingerprint density at radius 2 is 2.22 bits per heavy atom. The number of benzene rings is 1. The minimum atomic E-state index is -0.612. The Hall–Kier alpha value is -1.82. The van der Waals surface area contributed by atoms with Crippen molar-refractivity contribution < 1.29 is 9.53 Å². The highest BCUT2D eigenvalue weighted by atomic mass is 32.1. The summed E-state index contributed by atoms with van der Waals surface area (Å²) in [7, 11) is 1.60. The lowest BCUT2D eigenvalue weighted by Gasteiger charge is -2.08. The molecule has 1 heterocycles. The molecule has 0 aliphatic rings. The number of carbonyl (C=O) groups excluding carboxylic acids is 1. The number of fused-ring (bicyclic) bond motifs is 1. The molecule has 18 heavy (non-hydrogen) atoms. The Labute approximate surface area is 109 Å². The number of nitrogens with one attached hydrogen (secondary N) is 1. The summed E-state index contributed by atoms with van der Waals surface area (Å²) < 4.78 is 6.30. The fourth-order valence-corrected chi connectivity index (χ4v) is 2.93. The highest BCUT2D eigenvalue weighted by Crippen LogP contribution is 2.37. The molecule has 1 aromatic heterocycles. The second-order valence-corrected chi connectivity index (χ2v) is 5.20. The van der Waals surface area contributed by atoms with E-state index in [4.69, 9.17) is 10.5 Å². The van der Waals surface area contributed by atoms with E-state index in [2.05, 4.69) is 24.1 Å². The Morgan fingerprint density at radius 1 is 1.50 bits per heavy atom. The fourth-order valence-electron chi connectivity index (χ4n) is 1.78. The van der Waals surface area contributed by atoms with Gasteiger partial charge in [0.15, 0.2) is 5.13 Å². The van der Waals surface area contributed by atoms with Crippen LogP contribution in [0.2, 0.25) is 0 Å². The van der Waals surface area contributed by atoms with E-state index < -0.39 is 6.03 Å². The lowest BCUT2D eigenvalue weighted by molar-refractivity contribution is 0.259. The van der Waals surface area contributed by atoms with Gasteiger partial charge in [-0.1, -0.05) is 31.3 Å². The van der Waals surface area contributed by atoms with E-state index in [0.29, 0.717) is 16.8 Å². The van der Waals surface area contributed by atoms with Gasteiger partial charge in [0.25, 0.3) is 0 Å². The molecular formula is C12H15N3O2S. The fraction of sp³-hybridized carbons (Fsp3) is 0.333. The van der Waals surface area contributed by atoms with Crippen molar-refractivity contribution in [2.24, 2.45) is 5.73 Å². The van der Waals surface area contributed by atoms with E-state index in [1.54, 1.807) is 7.11 Å². The van der Waals surface area contributed by atoms with Crippen LogP contribution in [0.1, 0.15) is 25.3 Å². The molecular weight excluding hydrogens is 250 g/mol. The molecule has 0 bridgehead atoms. The lowest BCUT2D eigenvalue weighted by atomic mass is 10.0. The summed E-state index contributed by atoms with van der Waals surface area (Å²) in [6.07, 6.45) is 0. The van der Waals surface area contributed by atoms with Gasteiger partial charge in [-0.3, -0.25) is 5.32 Å². The number of rotatable bonds is 3. The molecule has 2 rings (SSSR count). The van der Waals surface area contributed by atoms with Crippen LogP contribution in [0.25, 0.3) is 10.2 Å². The molecule has 96 valence electrons. The topological polar surface area (TPSA) is 77.2 Å². The maximum absolute atomic E-state index is 10.9. The van der Waals surface area contributed by atoms with Crippen molar-refractivity contribution >= 4 is 32.7 Å². The van der Waals surface area contributed by atoms with Crippen molar-refractivity contribution in [3.05, 3.63) is 17.7 Å². The molecule has 0 saturated carbocycles. The summed E-state index contributed by atoms with van der Waals surface area (Å²) in [5, 5.41) is 2.99. The van der Waals surface area contributed by atoms with Crippen molar-refractivity contribution in [1.82, 2.24) is 4.98 Å². The monoisotopic (exact) mass is 265 g/mol. The molecule has 0 atom stereocenters. The average molecular weight is 265 g/mol. The first-order valence-corrected chi connectivity index (χ1v) is 6.38. The van der Waals surface area contributed by atoms with Crippen molar-refractivity contribution in [1.29, 1.82) is 0 Å². The van der Waals surface area contributed by atoms with Crippen LogP contribution < -0.4 is 15.8 Å². The minimum absolute atomic E-state index is 0.375. The number of thiazole rings is 1. The van der Waals surface area contributed by atoms with Gasteiger partial charge in [0, 0.05) is 0 Å². The second kappa shape index (κ2) is 4.81. The van der Waals surface area contributed by atoms with Gasteiger partial charge in [-0.2, -0.15) is 0 Å². The molecule has 5 nitrogen and oxygen atoms in total. The lowest BCUT2D eigenvalue weighted by Crippen LogP contribution is -2.18. The first-order chi connectivity index (χ1) is 8.52. The summed E-state index contributed by atoms with van der Waals surface area (Å²) in [5.41, 5.74) is 7.04. The molecule has 3 N–H and O–H groups in total. The normalized spacial score (nSPS) is 10.9. The number of primary amides is 1. The maximum atomic E-state index is 10.9. The van der Waals surface area contributed by atoms with Gasteiger partial charge in [0.1, 0.15) is 11.3 Å². The smallest absolute Gasteiger partial charge is 0.318 e. The second-order valence-electron chi connectivity index (χ2n) is 4.20. The number of nitrogens with two attached hydrogens (primary N) is 1. The number of carbonyl (C=O) groups is 1. The molecule has 0 aliphatic carbocycles. The van der Waals surface area contributed by atoms with Gasteiger partial charge < -0.3 is 10.5 Å². The number of hydrogen-bond donors (Lipinski definition) is 2. The molecule has 1 aromatic carbocycles. The van der Waals surface area contributed by atoms with Gasteiger partial charge in [0.05, 0.1) is 11.8 Å².